The zero-order valence-electron chi connectivity index (χ0n) is 14.5. The second-order valence-corrected chi connectivity index (χ2v) is 9.22. The van der Waals surface area contributed by atoms with Crippen LogP contribution in [0.5, 0.6) is 5.75 Å². The zero-order chi connectivity index (χ0) is 20.3. The Balaban J connectivity index is 1.85. The van der Waals surface area contributed by atoms with E-state index in [9.17, 15) is 9.59 Å². The fourth-order valence-electron chi connectivity index (χ4n) is 2.41. The van der Waals surface area contributed by atoms with E-state index in [1.165, 1.54) is 23.8 Å². The number of carbonyl (C=O) groups is 2. The maximum atomic E-state index is 12.8. The Bertz CT molecular complexity index is 958. The average molecular weight is 590 g/mol. The van der Waals surface area contributed by atoms with Crippen LogP contribution in [0, 0.1) is 3.57 Å². The van der Waals surface area contributed by atoms with Crippen LogP contribution >= 0.6 is 62.5 Å². The van der Waals surface area contributed by atoms with Crippen molar-refractivity contribution in [2.75, 3.05) is 18.6 Å². The molecule has 1 aliphatic rings. The highest BCUT2D eigenvalue weighted by molar-refractivity contribution is 14.1. The number of thioether (sulfide) groups is 1. The van der Waals surface area contributed by atoms with E-state index >= 15 is 0 Å². The van der Waals surface area contributed by atoms with Crippen LogP contribution in [0.3, 0.4) is 0 Å². The summed E-state index contributed by atoms with van der Waals surface area (Å²) in [7, 11) is 1.31. The summed E-state index contributed by atoms with van der Waals surface area (Å²) in [4.78, 5) is 26.2. The summed E-state index contributed by atoms with van der Waals surface area (Å²) in [6.45, 7) is -0.180. The largest absolute Gasteiger partial charge is 0.480 e. The smallest absolute Gasteiger partial charge is 0.343 e. The molecule has 0 saturated carbocycles. The summed E-state index contributed by atoms with van der Waals surface area (Å²) in [6.07, 6.45) is 1.79. The summed E-state index contributed by atoms with van der Waals surface area (Å²) in [5, 5.41) is 0. The first-order valence-corrected chi connectivity index (χ1v) is 11.0. The molecule has 28 heavy (non-hydrogen) atoms. The summed E-state index contributed by atoms with van der Waals surface area (Å²) in [5.74, 6) is -0.0744. The van der Waals surface area contributed by atoms with Gasteiger partial charge in [0.2, 0.25) is 0 Å². The summed E-state index contributed by atoms with van der Waals surface area (Å²) < 4.78 is 12.1. The molecule has 3 rings (SSSR count). The van der Waals surface area contributed by atoms with Crippen molar-refractivity contribution < 1.29 is 19.1 Å². The van der Waals surface area contributed by atoms with Gasteiger partial charge in [0, 0.05) is 0 Å². The fraction of sp³-hybridized carbons (Fsp3) is 0.105. The van der Waals surface area contributed by atoms with Crippen LogP contribution in [-0.2, 0) is 14.3 Å². The highest BCUT2D eigenvalue weighted by Gasteiger charge is 2.33. The molecule has 0 N–H and O–H groups in total. The SMILES string of the molecule is COC(=O)COc1c(Br)cc(/C=C2/SC(=S)N(c3ccccc3)C2=O)cc1I. The Morgan fingerprint density at radius 2 is 2.04 bits per heavy atom. The van der Waals surface area contributed by atoms with Gasteiger partial charge >= 0.3 is 5.97 Å². The normalized spacial score (nSPS) is 15.2. The number of rotatable bonds is 5. The molecule has 1 fully saturated rings. The van der Waals surface area contributed by atoms with Crippen molar-refractivity contribution >= 4 is 90.5 Å². The number of esters is 1. The van der Waals surface area contributed by atoms with Gasteiger partial charge in [0.15, 0.2) is 10.9 Å². The monoisotopic (exact) mass is 589 g/mol. The van der Waals surface area contributed by atoms with Crippen molar-refractivity contribution in [2.45, 2.75) is 0 Å². The second kappa shape index (κ2) is 9.38. The lowest BCUT2D eigenvalue weighted by atomic mass is 10.2. The molecular weight excluding hydrogens is 577 g/mol. The lowest BCUT2D eigenvalue weighted by Gasteiger charge is -2.13. The average Bonchev–Trinajstić information content (AvgIpc) is 2.94. The Morgan fingerprint density at radius 3 is 2.68 bits per heavy atom. The predicted octanol–water partition coefficient (Wildman–Crippen LogP) is 5.01. The molecule has 9 heteroatoms. The molecule has 2 aromatic rings. The molecule has 0 unspecified atom stereocenters. The van der Waals surface area contributed by atoms with Crippen LogP contribution in [0.4, 0.5) is 5.69 Å². The molecule has 1 heterocycles. The van der Waals surface area contributed by atoms with Crippen LogP contribution in [0.2, 0.25) is 0 Å². The van der Waals surface area contributed by atoms with Gasteiger partial charge in [-0.3, -0.25) is 9.69 Å². The number of methoxy groups -OCH3 is 1. The van der Waals surface area contributed by atoms with Gasteiger partial charge in [0.1, 0.15) is 5.75 Å². The minimum atomic E-state index is -0.462. The number of ether oxygens (including phenoxy) is 2. The van der Waals surface area contributed by atoms with Gasteiger partial charge < -0.3 is 9.47 Å². The number of amides is 1. The van der Waals surface area contributed by atoms with Gasteiger partial charge in [0.05, 0.1) is 25.7 Å². The number of halogens is 2. The van der Waals surface area contributed by atoms with E-state index in [-0.39, 0.29) is 12.5 Å². The zero-order valence-corrected chi connectivity index (χ0v) is 19.9. The number of para-hydroxylation sites is 1. The van der Waals surface area contributed by atoms with Crippen molar-refractivity contribution in [3.8, 4) is 5.75 Å². The Hall–Kier alpha value is -1.43. The molecule has 0 aliphatic carbocycles. The first-order chi connectivity index (χ1) is 13.4. The lowest BCUT2D eigenvalue weighted by Crippen LogP contribution is -2.27. The molecule has 0 atom stereocenters. The number of benzene rings is 2. The number of thiocarbonyl (C=S) groups is 1. The summed E-state index contributed by atoms with van der Waals surface area (Å²) in [6, 6.07) is 13.0. The van der Waals surface area contributed by atoms with Crippen molar-refractivity contribution in [1.29, 1.82) is 0 Å². The molecular formula is C19H13BrINO4S2. The maximum Gasteiger partial charge on any atom is 0.343 e. The van der Waals surface area contributed by atoms with Crippen LogP contribution in [0.25, 0.3) is 6.08 Å². The number of carbonyl (C=O) groups excluding carboxylic acids is 2. The van der Waals surface area contributed by atoms with E-state index < -0.39 is 5.97 Å². The first-order valence-electron chi connectivity index (χ1n) is 7.92. The van der Waals surface area contributed by atoms with Gasteiger partial charge in [-0.1, -0.05) is 42.2 Å². The molecule has 1 amide bonds. The highest BCUT2D eigenvalue weighted by Crippen LogP contribution is 2.38. The van der Waals surface area contributed by atoms with E-state index in [2.05, 4.69) is 43.3 Å². The molecule has 1 saturated heterocycles. The van der Waals surface area contributed by atoms with Crippen LogP contribution in [-0.4, -0.2) is 29.9 Å². The number of nitrogens with zero attached hydrogens (tertiary/aromatic N) is 1. The fourth-order valence-corrected chi connectivity index (χ4v) is 5.48. The molecule has 2 aromatic carbocycles. The Labute approximate surface area is 193 Å². The molecule has 144 valence electrons. The van der Waals surface area contributed by atoms with E-state index in [0.29, 0.717) is 19.4 Å². The first kappa shape index (κ1) is 21.3. The van der Waals surface area contributed by atoms with Crippen molar-refractivity contribution in [2.24, 2.45) is 0 Å². The lowest BCUT2D eigenvalue weighted by molar-refractivity contribution is -0.142. The van der Waals surface area contributed by atoms with Crippen LogP contribution < -0.4 is 9.64 Å². The van der Waals surface area contributed by atoms with E-state index in [0.717, 1.165) is 14.8 Å². The third-order valence-corrected chi connectivity index (χ3v) is 6.38. The van der Waals surface area contributed by atoms with Gasteiger partial charge in [-0.05, 0) is 74.4 Å². The van der Waals surface area contributed by atoms with Gasteiger partial charge in [-0.2, -0.15) is 0 Å². The molecule has 0 bridgehead atoms. The van der Waals surface area contributed by atoms with E-state index in [1.54, 1.807) is 6.08 Å². The molecule has 0 radical (unpaired) electrons. The van der Waals surface area contributed by atoms with Crippen LogP contribution in [0.15, 0.2) is 51.8 Å². The van der Waals surface area contributed by atoms with Gasteiger partial charge in [0.25, 0.3) is 5.91 Å². The van der Waals surface area contributed by atoms with E-state index in [1.807, 2.05) is 42.5 Å². The molecule has 0 aromatic heterocycles. The number of hydrogen-bond acceptors (Lipinski definition) is 6. The van der Waals surface area contributed by atoms with Crippen molar-refractivity contribution in [3.05, 3.63) is 61.0 Å². The third kappa shape index (κ3) is 4.76. The molecule has 1 aliphatic heterocycles. The summed E-state index contributed by atoms with van der Waals surface area (Å²) >= 11 is 12.2. The minimum Gasteiger partial charge on any atom is -0.480 e. The van der Waals surface area contributed by atoms with Crippen LogP contribution in [0.1, 0.15) is 5.56 Å². The Kier molecular flexibility index (Phi) is 7.13. The minimum absolute atomic E-state index is 0.154. The molecule has 0 spiro atoms. The number of hydrogen-bond donors (Lipinski definition) is 0. The molecule has 5 nitrogen and oxygen atoms in total. The highest BCUT2D eigenvalue weighted by atomic mass is 127. The third-order valence-electron chi connectivity index (χ3n) is 3.69. The Morgan fingerprint density at radius 1 is 1.32 bits per heavy atom. The predicted molar refractivity (Wildman–Crippen MR) is 126 cm³/mol. The second-order valence-electron chi connectivity index (χ2n) is 5.53. The maximum absolute atomic E-state index is 12.8. The van der Waals surface area contributed by atoms with E-state index in [4.69, 9.17) is 17.0 Å². The number of anilines is 1. The summed E-state index contributed by atoms with van der Waals surface area (Å²) in [5.41, 5.74) is 1.56. The standard InChI is InChI=1S/C19H13BrINO4S2/c1-25-16(23)10-26-17-13(20)7-11(8-14(17)21)9-15-18(24)22(19(27)28-15)12-5-3-2-4-6-12/h2-9H,10H2,1H3/b15-9+. The topological polar surface area (TPSA) is 55.8 Å². The van der Waals surface area contributed by atoms with Gasteiger partial charge in [-0.15, -0.1) is 0 Å². The quantitative estimate of drug-likeness (QED) is 0.211. The van der Waals surface area contributed by atoms with Crippen molar-refractivity contribution in [1.82, 2.24) is 0 Å². The van der Waals surface area contributed by atoms with Gasteiger partial charge in [-0.25, -0.2) is 4.79 Å². The van der Waals surface area contributed by atoms with Crippen molar-refractivity contribution in [3.63, 3.8) is 0 Å².